The topological polar surface area (TPSA) is 58.6 Å². The summed E-state index contributed by atoms with van der Waals surface area (Å²) in [6.45, 7) is 4.71. The molecule has 22 heavy (non-hydrogen) atoms. The highest BCUT2D eigenvalue weighted by molar-refractivity contribution is 6.31. The molecule has 0 spiro atoms. The van der Waals surface area contributed by atoms with E-state index in [1.165, 1.54) is 0 Å². The second-order valence-corrected chi connectivity index (χ2v) is 6.14. The van der Waals surface area contributed by atoms with Gasteiger partial charge in [0.15, 0.2) is 0 Å². The Morgan fingerprint density at radius 3 is 2.95 bits per heavy atom. The van der Waals surface area contributed by atoms with E-state index in [-0.39, 0.29) is 30.2 Å². The summed E-state index contributed by atoms with van der Waals surface area (Å²) in [4.78, 5) is 26.1. The van der Waals surface area contributed by atoms with Crippen molar-refractivity contribution in [1.29, 1.82) is 0 Å². The van der Waals surface area contributed by atoms with Crippen LogP contribution in [0, 0.1) is 12.8 Å². The first-order valence-corrected chi connectivity index (χ1v) is 7.65. The first-order valence-electron chi connectivity index (χ1n) is 7.27. The molecular formula is C16H21ClN2O3. The van der Waals surface area contributed by atoms with E-state index in [4.69, 9.17) is 16.3 Å². The summed E-state index contributed by atoms with van der Waals surface area (Å²) < 4.78 is 5.08. The zero-order valence-corrected chi connectivity index (χ0v) is 13.8. The van der Waals surface area contributed by atoms with E-state index in [0.29, 0.717) is 23.9 Å². The number of ether oxygens (including phenoxy) is 1. The first-order chi connectivity index (χ1) is 10.4. The highest BCUT2D eigenvalue weighted by Crippen LogP contribution is 2.24. The molecule has 0 bridgehead atoms. The Morgan fingerprint density at radius 1 is 1.55 bits per heavy atom. The number of anilines is 1. The SMILES string of the molecule is COC[C@H](C)N1C[C@@H](C(=O)Nc2cc(Cl)ccc2C)CC1=O. The van der Waals surface area contributed by atoms with Crippen molar-refractivity contribution in [3.8, 4) is 0 Å². The van der Waals surface area contributed by atoms with Crippen LogP contribution >= 0.6 is 11.6 Å². The normalized spacial score (nSPS) is 19.4. The van der Waals surface area contributed by atoms with Gasteiger partial charge in [-0.25, -0.2) is 0 Å². The standard InChI is InChI=1S/C16H21ClN2O3/c1-10-4-5-13(17)7-14(10)18-16(21)12-6-15(20)19(8-12)11(2)9-22-3/h4-5,7,11-12H,6,8-9H2,1-3H3,(H,18,21)/t11-,12-/m0/s1. The van der Waals surface area contributed by atoms with Gasteiger partial charge in [-0.05, 0) is 31.5 Å². The molecule has 120 valence electrons. The van der Waals surface area contributed by atoms with E-state index in [2.05, 4.69) is 5.32 Å². The number of carbonyl (C=O) groups is 2. The van der Waals surface area contributed by atoms with Gasteiger partial charge in [0.2, 0.25) is 11.8 Å². The Balaban J connectivity index is 2.02. The van der Waals surface area contributed by atoms with Crippen molar-refractivity contribution in [2.45, 2.75) is 26.3 Å². The monoisotopic (exact) mass is 324 g/mol. The summed E-state index contributed by atoms with van der Waals surface area (Å²) in [5.74, 6) is -0.497. The van der Waals surface area contributed by atoms with Crippen molar-refractivity contribution in [2.75, 3.05) is 25.6 Å². The van der Waals surface area contributed by atoms with Crippen LogP contribution < -0.4 is 5.32 Å². The quantitative estimate of drug-likeness (QED) is 0.905. The second kappa shape index (κ2) is 7.11. The molecule has 6 heteroatoms. The minimum Gasteiger partial charge on any atom is -0.383 e. The smallest absolute Gasteiger partial charge is 0.229 e. The molecule has 1 aromatic carbocycles. The predicted molar refractivity (Wildman–Crippen MR) is 86.0 cm³/mol. The summed E-state index contributed by atoms with van der Waals surface area (Å²) in [5, 5.41) is 3.44. The van der Waals surface area contributed by atoms with Gasteiger partial charge in [-0.15, -0.1) is 0 Å². The van der Waals surface area contributed by atoms with Crippen LogP contribution in [0.15, 0.2) is 18.2 Å². The van der Waals surface area contributed by atoms with Crippen molar-refractivity contribution in [3.05, 3.63) is 28.8 Å². The van der Waals surface area contributed by atoms with E-state index in [1.807, 2.05) is 19.9 Å². The summed E-state index contributed by atoms with van der Waals surface area (Å²) >= 11 is 5.96. The molecule has 5 nitrogen and oxygen atoms in total. The van der Waals surface area contributed by atoms with Crippen LogP contribution in [0.25, 0.3) is 0 Å². The summed E-state index contributed by atoms with van der Waals surface area (Å²) in [7, 11) is 1.60. The van der Waals surface area contributed by atoms with Gasteiger partial charge < -0.3 is 15.0 Å². The number of nitrogens with one attached hydrogen (secondary N) is 1. The summed E-state index contributed by atoms with van der Waals surface area (Å²) in [6.07, 6.45) is 0.236. The van der Waals surface area contributed by atoms with Crippen LogP contribution in [-0.4, -0.2) is 43.0 Å². The van der Waals surface area contributed by atoms with Crippen molar-refractivity contribution in [1.82, 2.24) is 4.90 Å². The zero-order valence-electron chi connectivity index (χ0n) is 13.1. The van der Waals surface area contributed by atoms with Crippen LogP contribution in [0.3, 0.4) is 0 Å². The molecule has 1 aliphatic rings. The Morgan fingerprint density at radius 2 is 2.27 bits per heavy atom. The number of methoxy groups -OCH3 is 1. The number of hydrogen-bond donors (Lipinski definition) is 1. The minimum absolute atomic E-state index is 0.00693. The lowest BCUT2D eigenvalue weighted by Crippen LogP contribution is -2.38. The molecule has 1 aromatic rings. The van der Waals surface area contributed by atoms with Crippen LogP contribution in [0.5, 0.6) is 0 Å². The number of benzene rings is 1. The number of hydrogen-bond acceptors (Lipinski definition) is 3. The number of likely N-dealkylation sites (tertiary alicyclic amines) is 1. The maximum Gasteiger partial charge on any atom is 0.229 e. The van der Waals surface area contributed by atoms with E-state index >= 15 is 0 Å². The Hall–Kier alpha value is -1.59. The lowest BCUT2D eigenvalue weighted by molar-refractivity contribution is -0.130. The van der Waals surface area contributed by atoms with Crippen molar-refractivity contribution < 1.29 is 14.3 Å². The van der Waals surface area contributed by atoms with Gasteiger partial charge in [0.1, 0.15) is 0 Å². The Bertz CT molecular complexity index is 577. The van der Waals surface area contributed by atoms with Crippen molar-refractivity contribution in [2.24, 2.45) is 5.92 Å². The summed E-state index contributed by atoms with van der Waals surface area (Å²) in [5.41, 5.74) is 1.63. The highest BCUT2D eigenvalue weighted by Gasteiger charge is 2.36. The number of carbonyl (C=O) groups excluding carboxylic acids is 2. The fourth-order valence-corrected chi connectivity index (χ4v) is 2.80. The second-order valence-electron chi connectivity index (χ2n) is 5.70. The van der Waals surface area contributed by atoms with Gasteiger partial charge in [0, 0.05) is 30.8 Å². The number of amides is 2. The first kappa shape index (κ1) is 16.8. The third-order valence-corrected chi connectivity index (χ3v) is 4.16. The third kappa shape index (κ3) is 3.78. The molecule has 1 heterocycles. The zero-order chi connectivity index (χ0) is 16.3. The van der Waals surface area contributed by atoms with Crippen LogP contribution in [-0.2, 0) is 14.3 Å². The summed E-state index contributed by atoms with van der Waals surface area (Å²) in [6, 6.07) is 5.32. The van der Waals surface area contributed by atoms with Gasteiger partial charge in [0.25, 0.3) is 0 Å². The molecule has 2 amide bonds. The van der Waals surface area contributed by atoms with E-state index in [0.717, 1.165) is 5.56 Å². The molecular weight excluding hydrogens is 304 g/mol. The maximum absolute atomic E-state index is 12.4. The Kier molecular flexibility index (Phi) is 5.42. The lowest BCUT2D eigenvalue weighted by atomic mass is 10.1. The maximum atomic E-state index is 12.4. The van der Waals surface area contributed by atoms with Gasteiger partial charge in [0.05, 0.1) is 18.6 Å². The largest absolute Gasteiger partial charge is 0.383 e. The lowest BCUT2D eigenvalue weighted by Gasteiger charge is -2.24. The van der Waals surface area contributed by atoms with Gasteiger partial charge in [-0.2, -0.15) is 0 Å². The van der Waals surface area contributed by atoms with Crippen LogP contribution in [0.1, 0.15) is 18.9 Å². The molecule has 1 fully saturated rings. The fraction of sp³-hybridized carbons (Fsp3) is 0.500. The molecule has 0 aromatic heterocycles. The van der Waals surface area contributed by atoms with Crippen molar-refractivity contribution >= 4 is 29.1 Å². The van der Waals surface area contributed by atoms with Crippen LogP contribution in [0.2, 0.25) is 5.02 Å². The number of aryl methyl sites for hydroxylation is 1. The molecule has 1 saturated heterocycles. The molecule has 0 saturated carbocycles. The molecule has 0 unspecified atom stereocenters. The van der Waals surface area contributed by atoms with E-state index < -0.39 is 0 Å². The minimum atomic E-state index is -0.342. The van der Waals surface area contributed by atoms with Crippen molar-refractivity contribution in [3.63, 3.8) is 0 Å². The van der Waals surface area contributed by atoms with Gasteiger partial charge in [-0.3, -0.25) is 9.59 Å². The Labute approximate surface area is 135 Å². The molecule has 0 radical (unpaired) electrons. The average Bonchev–Trinajstić information content (AvgIpc) is 2.85. The molecule has 0 aliphatic carbocycles. The molecule has 2 atom stereocenters. The third-order valence-electron chi connectivity index (χ3n) is 3.93. The molecule has 1 N–H and O–H groups in total. The number of rotatable bonds is 5. The number of halogens is 1. The van der Waals surface area contributed by atoms with E-state index in [1.54, 1.807) is 24.1 Å². The highest BCUT2D eigenvalue weighted by atomic mass is 35.5. The average molecular weight is 325 g/mol. The van der Waals surface area contributed by atoms with Crippen LogP contribution in [0.4, 0.5) is 5.69 Å². The molecule has 2 rings (SSSR count). The number of nitrogens with zero attached hydrogens (tertiary/aromatic N) is 1. The molecule has 1 aliphatic heterocycles. The van der Waals surface area contributed by atoms with E-state index in [9.17, 15) is 9.59 Å². The fourth-order valence-electron chi connectivity index (χ4n) is 2.63. The predicted octanol–water partition coefficient (Wildman–Crippen LogP) is 2.47. The van der Waals surface area contributed by atoms with Gasteiger partial charge in [-0.1, -0.05) is 17.7 Å². The van der Waals surface area contributed by atoms with Gasteiger partial charge >= 0.3 is 0 Å².